The minimum absolute atomic E-state index is 0.0309. The summed E-state index contributed by atoms with van der Waals surface area (Å²) in [5, 5.41) is 2.95. The van der Waals surface area contributed by atoms with Crippen molar-refractivity contribution in [1.29, 1.82) is 0 Å². The molecule has 0 bridgehead atoms. The Bertz CT molecular complexity index is 838. The number of amides is 1. The second-order valence-corrected chi connectivity index (χ2v) is 7.97. The van der Waals surface area contributed by atoms with Gasteiger partial charge in [-0.25, -0.2) is 4.98 Å². The summed E-state index contributed by atoms with van der Waals surface area (Å²) >= 11 is 0. The van der Waals surface area contributed by atoms with Gasteiger partial charge in [-0.2, -0.15) is 0 Å². The van der Waals surface area contributed by atoms with E-state index in [1.54, 1.807) is 0 Å². The maximum Gasteiger partial charge on any atom is 0.228 e. The Kier molecular flexibility index (Phi) is 6.00. The van der Waals surface area contributed by atoms with Crippen molar-refractivity contribution in [2.24, 2.45) is 5.92 Å². The third-order valence-corrected chi connectivity index (χ3v) is 6.15. The van der Waals surface area contributed by atoms with Crippen LogP contribution in [0.1, 0.15) is 24.0 Å². The summed E-state index contributed by atoms with van der Waals surface area (Å²) in [6, 6.07) is 10.5. The second kappa shape index (κ2) is 8.82. The Morgan fingerprint density at radius 1 is 1.03 bits per heavy atom. The van der Waals surface area contributed by atoms with Gasteiger partial charge in [0.15, 0.2) is 0 Å². The summed E-state index contributed by atoms with van der Waals surface area (Å²) in [5.74, 6) is 0.707. The summed E-state index contributed by atoms with van der Waals surface area (Å²) in [5.41, 5.74) is 5.16. The third kappa shape index (κ3) is 4.53. The lowest BCUT2D eigenvalue weighted by atomic mass is 9.99. The number of aryl methyl sites for hydroxylation is 1. The van der Waals surface area contributed by atoms with Crippen LogP contribution in [-0.2, 0) is 9.53 Å². The zero-order chi connectivity index (χ0) is 20.2. The van der Waals surface area contributed by atoms with E-state index in [2.05, 4.69) is 58.2 Å². The van der Waals surface area contributed by atoms with Crippen molar-refractivity contribution in [2.75, 3.05) is 54.5 Å². The summed E-state index contributed by atoms with van der Waals surface area (Å²) in [6.07, 6.45) is 3.44. The molecule has 3 heterocycles. The molecule has 6 heteroatoms. The quantitative estimate of drug-likeness (QED) is 0.861. The molecule has 154 valence electrons. The average Bonchev–Trinajstić information content (AvgIpc) is 2.77. The molecule has 2 saturated heterocycles. The van der Waals surface area contributed by atoms with Gasteiger partial charge in [0.05, 0.1) is 11.9 Å². The number of piperazine rings is 1. The van der Waals surface area contributed by atoms with Crippen LogP contribution in [0.4, 0.5) is 17.2 Å². The molecule has 0 radical (unpaired) electrons. The first-order valence-corrected chi connectivity index (χ1v) is 10.5. The number of ether oxygens (including phenoxy) is 1. The molecular formula is C23H30N4O2. The van der Waals surface area contributed by atoms with E-state index in [0.717, 1.165) is 44.7 Å². The van der Waals surface area contributed by atoms with Crippen LogP contribution in [-0.4, -0.2) is 50.3 Å². The summed E-state index contributed by atoms with van der Waals surface area (Å²) in [4.78, 5) is 21.7. The lowest BCUT2D eigenvalue weighted by molar-refractivity contribution is -0.122. The molecule has 0 aliphatic carbocycles. The van der Waals surface area contributed by atoms with E-state index in [4.69, 9.17) is 4.74 Å². The van der Waals surface area contributed by atoms with Gasteiger partial charge in [-0.05, 0) is 56.0 Å². The van der Waals surface area contributed by atoms with Gasteiger partial charge in [0, 0.05) is 51.0 Å². The fourth-order valence-electron chi connectivity index (χ4n) is 4.12. The van der Waals surface area contributed by atoms with E-state index >= 15 is 0 Å². The number of nitrogens with zero attached hydrogens (tertiary/aromatic N) is 3. The molecule has 0 atom stereocenters. The van der Waals surface area contributed by atoms with Crippen molar-refractivity contribution < 1.29 is 9.53 Å². The molecule has 0 spiro atoms. The molecule has 0 unspecified atom stereocenters. The Balaban J connectivity index is 1.33. The predicted molar refractivity (Wildman–Crippen MR) is 117 cm³/mol. The molecule has 29 heavy (non-hydrogen) atoms. The van der Waals surface area contributed by atoms with Crippen LogP contribution in [0.2, 0.25) is 0 Å². The van der Waals surface area contributed by atoms with Crippen LogP contribution in [0.5, 0.6) is 0 Å². The van der Waals surface area contributed by atoms with Gasteiger partial charge in [-0.1, -0.05) is 12.1 Å². The third-order valence-electron chi connectivity index (χ3n) is 6.15. The highest BCUT2D eigenvalue weighted by Crippen LogP contribution is 2.25. The zero-order valence-corrected chi connectivity index (χ0v) is 17.4. The zero-order valence-electron chi connectivity index (χ0n) is 17.4. The number of anilines is 3. The Morgan fingerprint density at radius 2 is 1.76 bits per heavy atom. The molecule has 2 aromatic rings. The van der Waals surface area contributed by atoms with Gasteiger partial charge in [-0.3, -0.25) is 4.79 Å². The summed E-state index contributed by atoms with van der Waals surface area (Å²) in [7, 11) is 0. The van der Waals surface area contributed by atoms with Crippen LogP contribution in [0.3, 0.4) is 0 Å². The van der Waals surface area contributed by atoms with Gasteiger partial charge in [-0.15, -0.1) is 0 Å². The monoisotopic (exact) mass is 394 g/mol. The predicted octanol–water partition coefficient (Wildman–Crippen LogP) is 3.39. The number of rotatable bonds is 4. The number of carbonyl (C=O) groups is 1. The van der Waals surface area contributed by atoms with Crippen molar-refractivity contribution in [1.82, 2.24) is 4.98 Å². The molecular weight excluding hydrogens is 364 g/mol. The van der Waals surface area contributed by atoms with Crippen LogP contribution >= 0.6 is 0 Å². The number of benzene rings is 1. The van der Waals surface area contributed by atoms with Crippen molar-refractivity contribution in [3.63, 3.8) is 0 Å². The highest BCUT2D eigenvalue weighted by Gasteiger charge is 2.22. The van der Waals surface area contributed by atoms with Crippen LogP contribution in [0, 0.1) is 19.8 Å². The van der Waals surface area contributed by atoms with E-state index < -0.39 is 0 Å². The van der Waals surface area contributed by atoms with Gasteiger partial charge in [0.1, 0.15) is 5.82 Å². The fourth-order valence-corrected chi connectivity index (χ4v) is 4.12. The van der Waals surface area contributed by atoms with Gasteiger partial charge < -0.3 is 19.9 Å². The average molecular weight is 395 g/mol. The Labute approximate surface area is 172 Å². The molecule has 2 aliphatic heterocycles. The number of hydrogen-bond acceptors (Lipinski definition) is 5. The minimum Gasteiger partial charge on any atom is -0.381 e. The first-order chi connectivity index (χ1) is 14.1. The van der Waals surface area contributed by atoms with Gasteiger partial charge >= 0.3 is 0 Å². The molecule has 1 aromatic heterocycles. The van der Waals surface area contributed by atoms with Crippen molar-refractivity contribution in [2.45, 2.75) is 26.7 Å². The number of pyridine rings is 1. The van der Waals surface area contributed by atoms with Crippen molar-refractivity contribution in [3.8, 4) is 0 Å². The van der Waals surface area contributed by atoms with Crippen LogP contribution in [0.25, 0.3) is 0 Å². The number of carbonyl (C=O) groups excluding carboxylic acids is 1. The van der Waals surface area contributed by atoms with Gasteiger partial charge in [0.25, 0.3) is 0 Å². The Morgan fingerprint density at radius 3 is 2.45 bits per heavy atom. The van der Waals surface area contributed by atoms with E-state index in [1.165, 1.54) is 16.8 Å². The molecule has 1 aromatic carbocycles. The smallest absolute Gasteiger partial charge is 0.228 e. The highest BCUT2D eigenvalue weighted by molar-refractivity contribution is 5.91. The van der Waals surface area contributed by atoms with E-state index in [9.17, 15) is 4.79 Å². The fraction of sp³-hybridized carbons (Fsp3) is 0.478. The molecule has 4 rings (SSSR count). The summed E-state index contributed by atoms with van der Waals surface area (Å²) in [6.45, 7) is 9.61. The molecule has 2 aliphatic rings. The van der Waals surface area contributed by atoms with Crippen LogP contribution < -0.4 is 15.1 Å². The first-order valence-electron chi connectivity index (χ1n) is 10.5. The largest absolute Gasteiger partial charge is 0.381 e. The summed E-state index contributed by atoms with van der Waals surface area (Å²) < 4.78 is 5.33. The highest BCUT2D eigenvalue weighted by atomic mass is 16.5. The number of hydrogen-bond donors (Lipinski definition) is 1. The topological polar surface area (TPSA) is 57.7 Å². The Hall–Kier alpha value is -2.60. The molecule has 1 amide bonds. The normalized spacial score (nSPS) is 18.0. The maximum absolute atomic E-state index is 12.4. The van der Waals surface area contributed by atoms with Crippen molar-refractivity contribution in [3.05, 3.63) is 47.7 Å². The number of nitrogens with one attached hydrogen (secondary N) is 1. The van der Waals surface area contributed by atoms with Gasteiger partial charge in [0.2, 0.25) is 5.91 Å². The molecule has 1 N–H and O–H groups in total. The minimum atomic E-state index is 0.0309. The van der Waals surface area contributed by atoms with Crippen molar-refractivity contribution >= 4 is 23.1 Å². The molecule has 0 saturated carbocycles. The molecule has 2 fully saturated rings. The first kappa shape index (κ1) is 19.7. The van der Waals surface area contributed by atoms with E-state index in [0.29, 0.717) is 19.0 Å². The van der Waals surface area contributed by atoms with E-state index in [1.807, 2.05) is 12.3 Å². The standard InChI is InChI=1S/C23H30N4O2/c1-17-4-3-5-21(18(17)2)27-12-10-26(11-13-27)20-6-7-22(24-16-20)25-23(28)19-8-14-29-15-9-19/h3-7,16,19H,8-15H2,1-2H3,(H,24,25,28). The van der Waals surface area contributed by atoms with Crippen LogP contribution in [0.15, 0.2) is 36.5 Å². The lowest BCUT2D eigenvalue weighted by Crippen LogP contribution is -2.46. The maximum atomic E-state index is 12.4. The SMILES string of the molecule is Cc1cccc(N2CCN(c3ccc(NC(=O)C4CCOCC4)nc3)CC2)c1C. The number of aromatic nitrogens is 1. The lowest BCUT2D eigenvalue weighted by Gasteiger charge is -2.38. The second-order valence-electron chi connectivity index (χ2n) is 7.97. The van der Waals surface area contributed by atoms with E-state index in [-0.39, 0.29) is 11.8 Å². The molecule has 6 nitrogen and oxygen atoms in total.